The molecule has 1 heterocycles. The Bertz CT molecular complexity index is 296. The zero-order valence-electron chi connectivity index (χ0n) is 7.75. The van der Waals surface area contributed by atoms with Gasteiger partial charge in [0.05, 0.1) is 13.2 Å². The summed E-state index contributed by atoms with van der Waals surface area (Å²) in [5, 5.41) is 0. The van der Waals surface area contributed by atoms with E-state index in [-0.39, 0.29) is 0 Å². The summed E-state index contributed by atoms with van der Waals surface area (Å²) in [5.41, 5.74) is 9.55. The Morgan fingerprint density at radius 1 is 1.23 bits per heavy atom. The van der Waals surface area contributed by atoms with Crippen LogP contribution in [0.4, 0.5) is 0 Å². The Kier molecular flexibility index (Phi) is 2.62. The van der Waals surface area contributed by atoms with Crippen LogP contribution < -0.4 is 5.73 Å². The smallest absolute Gasteiger partial charge is 0.0725 e. The summed E-state index contributed by atoms with van der Waals surface area (Å²) in [4.78, 5) is 0. The van der Waals surface area contributed by atoms with Crippen molar-refractivity contribution in [2.75, 3.05) is 6.54 Å². The van der Waals surface area contributed by atoms with Crippen molar-refractivity contribution in [1.82, 2.24) is 0 Å². The van der Waals surface area contributed by atoms with Gasteiger partial charge >= 0.3 is 0 Å². The number of fused-ring (bicyclic) bond motifs is 1. The zero-order chi connectivity index (χ0) is 9.10. The normalized spacial score (nSPS) is 14.5. The first kappa shape index (κ1) is 8.73. The van der Waals surface area contributed by atoms with Crippen LogP contribution in [0.15, 0.2) is 18.2 Å². The molecule has 1 aliphatic heterocycles. The van der Waals surface area contributed by atoms with Gasteiger partial charge in [-0.1, -0.05) is 18.2 Å². The van der Waals surface area contributed by atoms with E-state index >= 15 is 0 Å². The third kappa shape index (κ3) is 1.90. The zero-order valence-corrected chi connectivity index (χ0v) is 7.75. The van der Waals surface area contributed by atoms with Crippen molar-refractivity contribution < 1.29 is 4.74 Å². The number of benzene rings is 1. The fourth-order valence-corrected chi connectivity index (χ4v) is 1.69. The molecule has 13 heavy (non-hydrogen) atoms. The number of nitrogens with two attached hydrogens (primary N) is 1. The van der Waals surface area contributed by atoms with Crippen molar-refractivity contribution in [2.45, 2.75) is 26.1 Å². The number of ether oxygens (including phenoxy) is 1. The molecule has 0 aromatic heterocycles. The molecule has 0 saturated heterocycles. The number of aryl methyl sites for hydroxylation is 1. The van der Waals surface area contributed by atoms with Gasteiger partial charge in [0.2, 0.25) is 0 Å². The first-order valence-electron chi connectivity index (χ1n) is 4.78. The van der Waals surface area contributed by atoms with Crippen LogP contribution in [-0.4, -0.2) is 6.54 Å². The molecule has 1 aromatic carbocycles. The van der Waals surface area contributed by atoms with Crippen molar-refractivity contribution in [1.29, 1.82) is 0 Å². The molecule has 0 amide bonds. The standard InChI is InChI=1S/C11H15NO/c12-5-1-2-9-3-4-10-7-13-8-11(10)6-9/h3-4,6H,1-2,5,7-8,12H2. The van der Waals surface area contributed by atoms with Crippen LogP contribution in [0, 0.1) is 0 Å². The molecule has 1 aromatic rings. The van der Waals surface area contributed by atoms with Gasteiger partial charge in [-0.25, -0.2) is 0 Å². The summed E-state index contributed by atoms with van der Waals surface area (Å²) >= 11 is 0. The van der Waals surface area contributed by atoms with Crippen LogP contribution in [0.25, 0.3) is 0 Å². The number of hydrogen-bond acceptors (Lipinski definition) is 2. The van der Waals surface area contributed by atoms with Crippen LogP contribution >= 0.6 is 0 Å². The molecule has 2 N–H and O–H groups in total. The van der Waals surface area contributed by atoms with Crippen molar-refractivity contribution in [2.24, 2.45) is 5.73 Å². The average molecular weight is 177 g/mol. The van der Waals surface area contributed by atoms with E-state index in [1.165, 1.54) is 16.7 Å². The van der Waals surface area contributed by atoms with Gasteiger partial charge in [-0.2, -0.15) is 0 Å². The van der Waals surface area contributed by atoms with Crippen LogP contribution in [-0.2, 0) is 24.4 Å². The fourth-order valence-electron chi connectivity index (χ4n) is 1.69. The van der Waals surface area contributed by atoms with Crippen LogP contribution in [0.5, 0.6) is 0 Å². The molecule has 2 rings (SSSR count). The minimum absolute atomic E-state index is 0.771. The second kappa shape index (κ2) is 3.90. The molecular weight excluding hydrogens is 162 g/mol. The molecule has 0 saturated carbocycles. The Hall–Kier alpha value is -0.860. The predicted octanol–water partition coefficient (Wildman–Crippen LogP) is 1.61. The highest BCUT2D eigenvalue weighted by Gasteiger charge is 2.10. The van der Waals surface area contributed by atoms with Crippen LogP contribution in [0.3, 0.4) is 0 Å². The van der Waals surface area contributed by atoms with E-state index in [1.807, 2.05) is 0 Å². The highest BCUT2D eigenvalue weighted by atomic mass is 16.5. The first-order chi connectivity index (χ1) is 6.40. The van der Waals surface area contributed by atoms with Gasteiger partial charge in [0.15, 0.2) is 0 Å². The van der Waals surface area contributed by atoms with E-state index in [0.29, 0.717) is 0 Å². The van der Waals surface area contributed by atoms with E-state index in [0.717, 1.165) is 32.6 Å². The van der Waals surface area contributed by atoms with Gasteiger partial charge in [-0.3, -0.25) is 0 Å². The Morgan fingerprint density at radius 3 is 2.92 bits per heavy atom. The molecule has 2 heteroatoms. The minimum Gasteiger partial charge on any atom is -0.372 e. The van der Waals surface area contributed by atoms with Gasteiger partial charge in [0.25, 0.3) is 0 Å². The fraction of sp³-hybridized carbons (Fsp3) is 0.455. The van der Waals surface area contributed by atoms with Crippen molar-refractivity contribution in [3.63, 3.8) is 0 Å². The predicted molar refractivity (Wildman–Crippen MR) is 52.3 cm³/mol. The lowest BCUT2D eigenvalue weighted by Crippen LogP contribution is -2.00. The summed E-state index contributed by atoms with van der Waals surface area (Å²) in [6.45, 7) is 2.34. The molecule has 70 valence electrons. The van der Waals surface area contributed by atoms with Gasteiger partial charge in [-0.15, -0.1) is 0 Å². The van der Waals surface area contributed by atoms with Gasteiger partial charge in [-0.05, 0) is 36.1 Å². The second-order valence-corrected chi connectivity index (χ2v) is 3.49. The minimum atomic E-state index is 0.771. The lowest BCUT2D eigenvalue weighted by atomic mass is 10.0. The molecule has 1 aliphatic rings. The number of hydrogen-bond donors (Lipinski definition) is 1. The van der Waals surface area contributed by atoms with E-state index in [2.05, 4.69) is 18.2 Å². The molecule has 0 spiro atoms. The van der Waals surface area contributed by atoms with Crippen LogP contribution in [0.1, 0.15) is 23.1 Å². The summed E-state index contributed by atoms with van der Waals surface area (Å²) in [7, 11) is 0. The van der Waals surface area contributed by atoms with Crippen molar-refractivity contribution in [3.05, 3.63) is 34.9 Å². The van der Waals surface area contributed by atoms with E-state index in [9.17, 15) is 0 Å². The molecule has 0 unspecified atom stereocenters. The second-order valence-electron chi connectivity index (χ2n) is 3.49. The van der Waals surface area contributed by atoms with E-state index < -0.39 is 0 Å². The molecule has 0 bridgehead atoms. The Balaban J connectivity index is 2.12. The lowest BCUT2D eigenvalue weighted by molar-refractivity contribution is 0.134. The lowest BCUT2D eigenvalue weighted by Gasteiger charge is -2.02. The third-order valence-electron chi connectivity index (χ3n) is 2.46. The summed E-state index contributed by atoms with van der Waals surface area (Å²) in [5.74, 6) is 0. The molecule has 0 atom stereocenters. The third-order valence-corrected chi connectivity index (χ3v) is 2.46. The summed E-state index contributed by atoms with van der Waals surface area (Å²) in [6, 6.07) is 6.61. The highest BCUT2D eigenvalue weighted by molar-refractivity contribution is 5.33. The summed E-state index contributed by atoms with van der Waals surface area (Å²) in [6.07, 6.45) is 2.16. The monoisotopic (exact) mass is 177 g/mol. The van der Waals surface area contributed by atoms with Gasteiger partial charge in [0, 0.05) is 0 Å². The topological polar surface area (TPSA) is 35.2 Å². The van der Waals surface area contributed by atoms with Gasteiger partial charge < -0.3 is 10.5 Å². The maximum atomic E-state index is 5.46. The Labute approximate surface area is 78.7 Å². The van der Waals surface area contributed by atoms with Gasteiger partial charge in [0.1, 0.15) is 0 Å². The number of rotatable bonds is 3. The largest absolute Gasteiger partial charge is 0.372 e. The molecule has 0 aliphatic carbocycles. The maximum absolute atomic E-state index is 5.46. The quantitative estimate of drug-likeness (QED) is 0.761. The van der Waals surface area contributed by atoms with Crippen molar-refractivity contribution in [3.8, 4) is 0 Å². The highest BCUT2D eigenvalue weighted by Crippen LogP contribution is 2.21. The average Bonchev–Trinajstić information content (AvgIpc) is 2.61. The molecular formula is C11H15NO. The summed E-state index contributed by atoms with van der Waals surface area (Å²) < 4.78 is 5.35. The van der Waals surface area contributed by atoms with E-state index in [1.54, 1.807) is 0 Å². The maximum Gasteiger partial charge on any atom is 0.0725 e. The Morgan fingerprint density at radius 2 is 2.08 bits per heavy atom. The first-order valence-corrected chi connectivity index (χ1v) is 4.78. The molecule has 2 nitrogen and oxygen atoms in total. The SMILES string of the molecule is NCCCc1ccc2c(c1)COC2. The molecule has 0 fully saturated rings. The van der Waals surface area contributed by atoms with Crippen molar-refractivity contribution >= 4 is 0 Å². The molecule has 0 radical (unpaired) electrons. The van der Waals surface area contributed by atoms with E-state index in [4.69, 9.17) is 10.5 Å². The van der Waals surface area contributed by atoms with Crippen LogP contribution in [0.2, 0.25) is 0 Å².